The van der Waals surface area contributed by atoms with Crippen LogP contribution < -0.4 is 4.90 Å². The molecule has 5 rings (SSSR count). The molecule has 0 atom stereocenters. The highest BCUT2D eigenvalue weighted by atomic mass is 32.2. The second kappa shape index (κ2) is 10.8. The number of hydrogen-bond acceptors (Lipinski definition) is 6. The first kappa shape index (κ1) is 27.4. The van der Waals surface area contributed by atoms with Crippen LogP contribution >= 0.6 is 35.7 Å². The van der Waals surface area contributed by atoms with E-state index in [0.29, 0.717) is 21.9 Å². The number of benzene rings is 3. The molecule has 0 saturated carbocycles. The lowest BCUT2D eigenvalue weighted by Gasteiger charge is -2.45. The number of thioether (sulfide) groups is 2. The molecule has 3 aromatic rings. The van der Waals surface area contributed by atoms with Crippen LogP contribution in [0.25, 0.3) is 10.5 Å². The van der Waals surface area contributed by atoms with Crippen molar-refractivity contribution in [2.45, 2.75) is 40.2 Å². The van der Waals surface area contributed by atoms with E-state index < -0.39 is 5.54 Å². The van der Waals surface area contributed by atoms with Crippen molar-refractivity contribution in [1.29, 1.82) is 0 Å². The van der Waals surface area contributed by atoms with Crippen molar-refractivity contribution in [3.05, 3.63) is 110 Å². The van der Waals surface area contributed by atoms with Crippen LogP contribution in [0.2, 0.25) is 0 Å². The van der Waals surface area contributed by atoms with Crippen molar-refractivity contribution < 1.29 is 14.3 Å². The third-order valence-corrected chi connectivity index (χ3v) is 10.1. The molecular weight excluding hydrogens is 543 g/mol. The van der Waals surface area contributed by atoms with Crippen LogP contribution in [0.3, 0.4) is 0 Å². The fraction of sp³-hybridized carbons (Fsp3) is 0.219. The SMILES string of the molecule is CCOC(=O)C1=C(c2ccccc2)SC(=C2C(=S)C(C)(C)N(C(=O)c3ccc(C)cc3)c3ccc(C)cc32)S1. The van der Waals surface area contributed by atoms with E-state index in [1.807, 2.05) is 106 Å². The average Bonchev–Trinajstić information content (AvgIpc) is 3.36. The van der Waals surface area contributed by atoms with Crippen molar-refractivity contribution >= 4 is 68.6 Å². The second-order valence-corrected chi connectivity index (χ2v) is 12.7. The van der Waals surface area contributed by atoms with Gasteiger partial charge in [0.2, 0.25) is 0 Å². The number of carbonyl (C=O) groups is 2. The predicted octanol–water partition coefficient (Wildman–Crippen LogP) is 8.19. The van der Waals surface area contributed by atoms with Gasteiger partial charge < -0.3 is 4.74 Å². The summed E-state index contributed by atoms with van der Waals surface area (Å²) in [5.41, 5.74) is 5.53. The topological polar surface area (TPSA) is 46.6 Å². The lowest BCUT2D eigenvalue weighted by atomic mass is 9.82. The molecule has 2 heterocycles. The second-order valence-electron chi connectivity index (χ2n) is 10.0. The number of rotatable bonds is 4. The van der Waals surface area contributed by atoms with E-state index in [2.05, 4.69) is 6.07 Å². The molecular formula is C32H29NO3S3. The number of fused-ring (bicyclic) bond motifs is 1. The van der Waals surface area contributed by atoms with Gasteiger partial charge in [-0.1, -0.05) is 95.4 Å². The van der Waals surface area contributed by atoms with Gasteiger partial charge in [0.25, 0.3) is 5.91 Å². The number of nitrogens with zero attached hydrogens (tertiary/aromatic N) is 1. The van der Waals surface area contributed by atoms with Crippen LogP contribution in [0.15, 0.2) is 81.9 Å². The summed E-state index contributed by atoms with van der Waals surface area (Å²) in [6, 6.07) is 23.6. The van der Waals surface area contributed by atoms with Gasteiger partial charge in [0.15, 0.2) is 0 Å². The van der Waals surface area contributed by atoms with Gasteiger partial charge >= 0.3 is 5.97 Å². The zero-order valence-corrected chi connectivity index (χ0v) is 25.0. The number of anilines is 1. The third kappa shape index (κ3) is 4.99. The summed E-state index contributed by atoms with van der Waals surface area (Å²) in [6.45, 7) is 10.1. The van der Waals surface area contributed by atoms with Crippen LogP contribution in [-0.4, -0.2) is 28.9 Å². The minimum absolute atomic E-state index is 0.0986. The van der Waals surface area contributed by atoms with Crippen molar-refractivity contribution in [3.8, 4) is 0 Å². The van der Waals surface area contributed by atoms with Gasteiger partial charge in [-0.05, 0) is 64.4 Å². The molecule has 0 fully saturated rings. The van der Waals surface area contributed by atoms with E-state index >= 15 is 0 Å². The zero-order valence-electron chi connectivity index (χ0n) is 22.5. The molecule has 7 heteroatoms. The first-order valence-electron chi connectivity index (χ1n) is 12.8. The normalized spacial score (nSPS) is 18.3. The number of hydrogen-bond donors (Lipinski definition) is 0. The number of aryl methyl sites for hydroxylation is 2. The monoisotopic (exact) mass is 571 g/mol. The number of thiocarbonyl (C=S) groups is 1. The Morgan fingerprint density at radius 1 is 0.923 bits per heavy atom. The Balaban J connectivity index is 1.67. The lowest BCUT2D eigenvalue weighted by molar-refractivity contribution is -0.137. The van der Waals surface area contributed by atoms with E-state index in [4.69, 9.17) is 17.0 Å². The number of carbonyl (C=O) groups excluding carboxylic acids is 2. The van der Waals surface area contributed by atoms with Gasteiger partial charge in [-0.2, -0.15) is 0 Å². The first-order chi connectivity index (χ1) is 18.6. The maximum absolute atomic E-state index is 14.0. The minimum Gasteiger partial charge on any atom is -0.462 e. The highest BCUT2D eigenvalue weighted by molar-refractivity contribution is 8.32. The summed E-state index contributed by atoms with van der Waals surface area (Å²) in [7, 11) is 0. The smallest absolute Gasteiger partial charge is 0.346 e. The molecule has 0 aromatic heterocycles. The van der Waals surface area contributed by atoms with Crippen molar-refractivity contribution in [2.24, 2.45) is 0 Å². The Hall–Kier alpha value is -3.13. The Morgan fingerprint density at radius 2 is 1.59 bits per heavy atom. The van der Waals surface area contributed by atoms with Crippen LogP contribution in [-0.2, 0) is 9.53 Å². The van der Waals surface area contributed by atoms with E-state index in [-0.39, 0.29) is 11.9 Å². The fourth-order valence-corrected chi connectivity index (χ4v) is 7.91. The molecule has 2 aliphatic heterocycles. The van der Waals surface area contributed by atoms with Gasteiger partial charge in [0.1, 0.15) is 4.91 Å². The van der Waals surface area contributed by atoms with E-state index in [9.17, 15) is 9.59 Å². The number of esters is 1. The van der Waals surface area contributed by atoms with Crippen molar-refractivity contribution in [1.82, 2.24) is 0 Å². The van der Waals surface area contributed by atoms with Gasteiger partial charge in [0.05, 0.1) is 26.9 Å². The number of ether oxygens (including phenoxy) is 1. The average molecular weight is 572 g/mol. The predicted molar refractivity (Wildman–Crippen MR) is 168 cm³/mol. The fourth-order valence-electron chi connectivity index (χ4n) is 4.78. The van der Waals surface area contributed by atoms with Crippen LogP contribution in [0.4, 0.5) is 5.69 Å². The zero-order chi connectivity index (χ0) is 27.9. The summed E-state index contributed by atoms with van der Waals surface area (Å²) in [5, 5.41) is 0. The van der Waals surface area contributed by atoms with Crippen LogP contribution in [0.5, 0.6) is 0 Å². The van der Waals surface area contributed by atoms with E-state index in [1.54, 1.807) is 11.8 Å². The Morgan fingerprint density at radius 3 is 2.26 bits per heavy atom. The molecule has 0 aliphatic carbocycles. The maximum Gasteiger partial charge on any atom is 0.346 e. The molecule has 4 nitrogen and oxygen atoms in total. The van der Waals surface area contributed by atoms with Crippen LogP contribution in [0, 0.1) is 13.8 Å². The molecule has 198 valence electrons. The molecule has 1 amide bonds. The summed E-state index contributed by atoms with van der Waals surface area (Å²) < 4.78 is 6.36. The Kier molecular flexibility index (Phi) is 7.60. The molecule has 3 aromatic carbocycles. The lowest BCUT2D eigenvalue weighted by Crippen LogP contribution is -2.56. The first-order valence-corrected chi connectivity index (χ1v) is 14.8. The van der Waals surface area contributed by atoms with Crippen molar-refractivity contribution in [3.63, 3.8) is 0 Å². The largest absolute Gasteiger partial charge is 0.462 e. The molecule has 0 N–H and O–H groups in total. The number of amides is 1. The van der Waals surface area contributed by atoms with Gasteiger partial charge in [-0.25, -0.2) is 4.79 Å². The Bertz CT molecular complexity index is 1550. The summed E-state index contributed by atoms with van der Waals surface area (Å²) in [4.78, 5) is 30.9. The quantitative estimate of drug-likeness (QED) is 0.179. The molecule has 0 spiro atoms. The standard InChI is InChI=1S/C32H29NO3S3/c1-6-36-30(35)27-26(21-10-8-7-9-11-21)38-31(39-27)25-23-18-20(3)14-17-24(23)33(32(4,5)28(25)37)29(34)22-15-12-19(2)13-16-22/h7-18H,6H2,1-5H3. The third-order valence-electron chi connectivity index (χ3n) is 6.80. The summed E-state index contributed by atoms with van der Waals surface area (Å²) >= 11 is 9.14. The van der Waals surface area contributed by atoms with Crippen LogP contribution in [0.1, 0.15) is 53.4 Å². The molecule has 0 bridgehead atoms. The highest BCUT2D eigenvalue weighted by Crippen LogP contribution is 2.58. The molecule has 0 saturated heterocycles. The van der Waals surface area contributed by atoms with E-state index in [0.717, 1.165) is 42.7 Å². The summed E-state index contributed by atoms with van der Waals surface area (Å²) in [6.07, 6.45) is 0. The molecule has 0 unspecified atom stereocenters. The highest BCUT2D eigenvalue weighted by Gasteiger charge is 2.46. The van der Waals surface area contributed by atoms with Gasteiger partial charge in [-0.15, -0.1) is 0 Å². The molecule has 39 heavy (non-hydrogen) atoms. The molecule has 0 radical (unpaired) electrons. The molecule has 2 aliphatic rings. The minimum atomic E-state index is -0.789. The van der Waals surface area contributed by atoms with E-state index in [1.165, 1.54) is 11.8 Å². The van der Waals surface area contributed by atoms with Gasteiger partial charge in [0, 0.05) is 21.6 Å². The Labute approximate surface area is 243 Å². The summed E-state index contributed by atoms with van der Waals surface area (Å²) in [5.74, 6) is -0.440. The van der Waals surface area contributed by atoms with Crippen molar-refractivity contribution in [2.75, 3.05) is 11.5 Å². The van der Waals surface area contributed by atoms with Gasteiger partial charge in [-0.3, -0.25) is 9.69 Å². The maximum atomic E-state index is 14.0.